The van der Waals surface area contributed by atoms with Crippen LogP contribution in [0.2, 0.25) is 5.02 Å². The zero-order valence-corrected chi connectivity index (χ0v) is 14.2. The highest BCUT2D eigenvalue weighted by molar-refractivity contribution is 6.30. The second-order valence-electron chi connectivity index (χ2n) is 5.34. The third kappa shape index (κ3) is 4.13. The van der Waals surface area contributed by atoms with Gasteiger partial charge in [0.05, 0.1) is 4.92 Å². The summed E-state index contributed by atoms with van der Waals surface area (Å²) in [6.45, 7) is 0.766. The number of nitrogens with zero attached hydrogens (tertiary/aromatic N) is 4. The van der Waals surface area contributed by atoms with E-state index in [1.165, 1.54) is 14.0 Å². The fourth-order valence-corrected chi connectivity index (χ4v) is 2.55. The summed E-state index contributed by atoms with van der Waals surface area (Å²) in [5.74, 6) is -2.02. The summed E-state index contributed by atoms with van der Waals surface area (Å²) < 4.78 is 1.09. The first-order valence-corrected chi connectivity index (χ1v) is 7.52. The number of rotatable bonds is 6. The van der Waals surface area contributed by atoms with Crippen LogP contribution >= 0.6 is 11.6 Å². The Bertz CT molecular complexity index is 831. The van der Waals surface area contributed by atoms with Crippen LogP contribution in [0.15, 0.2) is 24.3 Å². The molecular weight excluding hydrogens is 352 g/mol. The summed E-state index contributed by atoms with van der Waals surface area (Å²) >= 11 is 5.81. The molecule has 1 amide bonds. The molecule has 10 heteroatoms. The molecule has 2 aromatic rings. The van der Waals surface area contributed by atoms with Crippen molar-refractivity contribution in [2.75, 3.05) is 6.54 Å². The lowest BCUT2D eigenvalue weighted by molar-refractivity contribution is -0.385. The summed E-state index contributed by atoms with van der Waals surface area (Å²) in [4.78, 5) is 35.5. The molecule has 1 heterocycles. The predicted octanol–water partition coefficient (Wildman–Crippen LogP) is 2.02. The summed E-state index contributed by atoms with van der Waals surface area (Å²) in [7, 11) is 1.40. The molecule has 25 heavy (non-hydrogen) atoms. The molecular formula is C15H15ClN4O5. The maximum absolute atomic E-state index is 12.8. The summed E-state index contributed by atoms with van der Waals surface area (Å²) in [5, 5.41) is 24.7. The molecule has 0 bridgehead atoms. The Morgan fingerprint density at radius 3 is 2.48 bits per heavy atom. The molecule has 132 valence electrons. The molecule has 0 unspecified atom stereocenters. The van der Waals surface area contributed by atoms with E-state index in [2.05, 4.69) is 5.10 Å². The van der Waals surface area contributed by atoms with E-state index in [-0.39, 0.29) is 17.9 Å². The van der Waals surface area contributed by atoms with Crippen molar-refractivity contribution in [2.24, 2.45) is 7.05 Å². The van der Waals surface area contributed by atoms with E-state index in [0.29, 0.717) is 10.6 Å². The van der Waals surface area contributed by atoms with Crippen LogP contribution < -0.4 is 0 Å². The Balaban J connectivity index is 2.41. The van der Waals surface area contributed by atoms with Gasteiger partial charge in [0.2, 0.25) is 5.69 Å². The first-order chi connectivity index (χ1) is 11.7. The van der Waals surface area contributed by atoms with Crippen molar-refractivity contribution >= 4 is 29.2 Å². The first kappa shape index (κ1) is 18.4. The molecule has 1 N–H and O–H groups in total. The smallest absolute Gasteiger partial charge is 0.323 e. The fourth-order valence-electron chi connectivity index (χ4n) is 2.43. The zero-order chi connectivity index (χ0) is 18.7. The number of aryl methyl sites for hydroxylation is 2. The number of hydrogen-bond donors (Lipinski definition) is 1. The third-order valence-corrected chi connectivity index (χ3v) is 3.73. The van der Waals surface area contributed by atoms with Crippen LogP contribution in [0.1, 0.15) is 21.7 Å². The molecule has 0 spiro atoms. The van der Waals surface area contributed by atoms with E-state index < -0.39 is 29.0 Å². The Morgan fingerprint density at radius 2 is 1.96 bits per heavy atom. The lowest BCUT2D eigenvalue weighted by Gasteiger charge is -2.20. The van der Waals surface area contributed by atoms with Crippen LogP contribution in [-0.2, 0) is 18.4 Å². The Kier molecular flexibility index (Phi) is 5.38. The topological polar surface area (TPSA) is 119 Å². The van der Waals surface area contributed by atoms with Gasteiger partial charge in [0.25, 0.3) is 5.91 Å². The standard InChI is InChI=1S/C15H15ClN4O5/c1-9-13(20(24)25)14(18(2)17-9)15(23)19(8-12(21)22)7-10-3-5-11(16)6-4-10/h3-6H,7-8H2,1-2H3,(H,21,22). The van der Waals surface area contributed by atoms with Crippen LogP contribution in [0.3, 0.4) is 0 Å². The number of benzene rings is 1. The van der Waals surface area contributed by atoms with E-state index in [1.54, 1.807) is 24.3 Å². The molecule has 2 rings (SSSR count). The number of nitro groups is 1. The molecule has 0 atom stereocenters. The summed E-state index contributed by atoms with van der Waals surface area (Å²) in [6, 6.07) is 6.51. The van der Waals surface area contributed by atoms with Crippen LogP contribution in [0, 0.1) is 17.0 Å². The van der Waals surface area contributed by atoms with Crippen molar-refractivity contribution in [1.29, 1.82) is 0 Å². The van der Waals surface area contributed by atoms with Gasteiger partial charge in [-0.2, -0.15) is 5.10 Å². The van der Waals surface area contributed by atoms with Gasteiger partial charge in [0.15, 0.2) is 0 Å². The lowest BCUT2D eigenvalue weighted by atomic mass is 10.2. The zero-order valence-electron chi connectivity index (χ0n) is 13.5. The minimum absolute atomic E-state index is 0.0380. The molecule has 0 aliphatic carbocycles. The monoisotopic (exact) mass is 366 g/mol. The molecule has 9 nitrogen and oxygen atoms in total. The van der Waals surface area contributed by atoms with Gasteiger partial charge in [-0.25, -0.2) is 0 Å². The Labute approximate surface area is 147 Å². The molecule has 0 saturated carbocycles. The van der Waals surface area contributed by atoms with Gasteiger partial charge in [-0.15, -0.1) is 0 Å². The minimum atomic E-state index is -1.23. The number of carboxylic acids is 1. The maximum atomic E-state index is 12.8. The van der Waals surface area contributed by atoms with Gasteiger partial charge >= 0.3 is 11.7 Å². The van der Waals surface area contributed by atoms with Crippen LogP contribution in [0.4, 0.5) is 5.69 Å². The van der Waals surface area contributed by atoms with Crippen LogP contribution in [0.5, 0.6) is 0 Å². The number of carbonyl (C=O) groups is 2. The molecule has 1 aromatic carbocycles. The third-order valence-electron chi connectivity index (χ3n) is 3.48. The van der Waals surface area contributed by atoms with Crippen molar-refractivity contribution in [3.05, 3.63) is 56.4 Å². The number of halogens is 1. The van der Waals surface area contributed by atoms with E-state index >= 15 is 0 Å². The van der Waals surface area contributed by atoms with E-state index in [0.717, 1.165) is 9.58 Å². The second kappa shape index (κ2) is 7.31. The lowest BCUT2D eigenvalue weighted by Crippen LogP contribution is -2.36. The number of hydrogen-bond acceptors (Lipinski definition) is 5. The van der Waals surface area contributed by atoms with Gasteiger partial charge in [0.1, 0.15) is 12.2 Å². The number of carbonyl (C=O) groups excluding carboxylic acids is 1. The summed E-state index contributed by atoms with van der Waals surface area (Å²) in [6.07, 6.45) is 0. The highest BCUT2D eigenvalue weighted by atomic mass is 35.5. The van der Waals surface area contributed by atoms with Crippen molar-refractivity contribution in [3.8, 4) is 0 Å². The molecule has 0 aliphatic rings. The second-order valence-corrected chi connectivity index (χ2v) is 5.78. The Hall–Kier alpha value is -2.94. The quantitative estimate of drug-likeness (QED) is 0.617. The number of carboxylic acid groups (broad SMARTS) is 1. The van der Waals surface area contributed by atoms with Crippen LogP contribution in [-0.4, -0.2) is 43.1 Å². The maximum Gasteiger partial charge on any atom is 0.323 e. The van der Waals surface area contributed by atoms with Gasteiger partial charge < -0.3 is 10.0 Å². The molecule has 0 aliphatic heterocycles. The highest BCUT2D eigenvalue weighted by Crippen LogP contribution is 2.24. The highest BCUT2D eigenvalue weighted by Gasteiger charge is 2.33. The average Bonchev–Trinajstić information content (AvgIpc) is 2.82. The van der Waals surface area contributed by atoms with Crippen molar-refractivity contribution in [3.63, 3.8) is 0 Å². The predicted molar refractivity (Wildman–Crippen MR) is 88.4 cm³/mol. The number of aromatic nitrogens is 2. The molecule has 0 fully saturated rings. The van der Waals surface area contributed by atoms with Crippen LogP contribution in [0.25, 0.3) is 0 Å². The average molecular weight is 367 g/mol. The first-order valence-electron chi connectivity index (χ1n) is 7.14. The fraction of sp³-hybridized carbons (Fsp3) is 0.267. The van der Waals surface area contributed by atoms with Crippen molar-refractivity contribution < 1.29 is 19.6 Å². The largest absolute Gasteiger partial charge is 0.480 e. The Morgan fingerprint density at radius 1 is 1.36 bits per heavy atom. The van der Waals surface area contributed by atoms with Gasteiger partial charge in [-0.3, -0.25) is 24.4 Å². The van der Waals surface area contributed by atoms with Gasteiger partial charge in [-0.1, -0.05) is 23.7 Å². The van der Waals surface area contributed by atoms with Crippen molar-refractivity contribution in [1.82, 2.24) is 14.7 Å². The van der Waals surface area contributed by atoms with E-state index in [4.69, 9.17) is 16.7 Å². The normalized spacial score (nSPS) is 10.5. The van der Waals surface area contributed by atoms with Gasteiger partial charge in [-0.05, 0) is 24.6 Å². The number of amides is 1. The minimum Gasteiger partial charge on any atom is -0.480 e. The number of aliphatic carboxylic acids is 1. The molecule has 0 saturated heterocycles. The molecule has 0 radical (unpaired) electrons. The molecule has 1 aromatic heterocycles. The van der Waals surface area contributed by atoms with Gasteiger partial charge in [0, 0.05) is 18.6 Å². The van der Waals surface area contributed by atoms with Crippen molar-refractivity contribution in [2.45, 2.75) is 13.5 Å². The van der Waals surface area contributed by atoms with E-state index in [9.17, 15) is 19.7 Å². The van der Waals surface area contributed by atoms with E-state index in [1.807, 2.05) is 0 Å². The SMILES string of the molecule is Cc1nn(C)c(C(=O)N(CC(=O)O)Cc2ccc(Cl)cc2)c1[N+](=O)[O-]. The summed E-state index contributed by atoms with van der Waals surface area (Å²) in [5.41, 5.74) is 0.0230.